The van der Waals surface area contributed by atoms with E-state index >= 15 is 0 Å². The van der Waals surface area contributed by atoms with Crippen LogP contribution >= 0.6 is 0 Å². The molecule has 2 aliphatic heterocycles. The predicted molar refractivity (Wildman–Crippen MR) is 66.4 cm³/mol. The fourth-order valence-corrected chi connectivity index (χ4v) is 3.35. The van der Waals surface area contributed by atoms with Crippen LogP contribution in [0.5, 0.6) is 0 Å². The highest BCUT2D eigenvalue weighted by Gasteiger charge is 2.39. The van der Waals surface area contributed by atoms with Crippen LogP contribution in [0.15, 0.2) is 22.8 Å². The summed E-state index contributed by atoms with van der Waals surface area (Å²) < 4.78 is 5.42. The molecule has 2 N–H and O–H groups in total. The topological polar surface area (TPSA) is 45.6 Å². The molecule has 0 aliphatic carbocycles. The average molecular weight is 235 g/mol. The summed E-state index contributed by atoms with van der Waals surface area (Å²) in [5, 5.41) is 0. The van der Waals surface area contributed by atoms with Gasteiger partial charge in [-0.3, -0.25) is 4.90 Å². The van der Waals surface area contributed by atoms with E-state index in [2.05, 4.69) is 22.9 Å². The van der Waals surface area contributed by atoms with Crippen LogP contribution in [0.3, 0.4) is 0 Å². The fourth-order valence-electron chi connectivity index (χ4n) is 3.35. The van der Waals surface area contributed by atoms with Crippen molar-refractivity contribution in [2.24, 2.45) is 17.6 Å². The van der Waals surface area contributed by atoms with Gasteiger partial charge >= 0.3 is 0 Å². The molecule has 94 valence electrons. The zero-order chi connectivity index (χ0) is 11.8. The summed E-state index contributed by atoms with van der Waals surface area (Å²) in [6.45, 7) is 5.39. The van der Waals surface area contributed by atoms with E-state index in [1.165, 1.54) is 0 Å². The van der Waals surface area contributed by atoms with Crippen LogP contribution in [0, 0.1) is 11.8 Å². The Hall–Kier alpha value is -0.840. The third-order valence-corrected chi connectivity index (χ3v) is 4.13. The predicted octanol–water partition coefficient (Wildman–Crippen LogP) is 0.600. The standard InChI is InChI=1S/C13H21N3O/c1-15-5-10-7-16(8-11(6-15)13(10)14)9-12-3-2-4-17-12/h2-4,10-11,13H,5-9,14H2,1H3. The van der Waals surface area contributed by atoms with Gasteiger partial charge in [-0.1, -0.05) is 0 Å². The Morgan fingerprint density at radius 3 is 2.59 bits per heavy atom. The van der Waals surface area contributed by atoms with Gasteiger partial charge in [0.15, 0.2) is 0 Å². The van der Waals surface area contributed by atoms with Gasteiger partial charge in [-0.15, -0.1) is 0 Å². The van der Waals surface area contributed by atoms with Gasteiger partial charge in [0.1, 0.15) is 5.76 Å². The van der Waals surface area contributed by atoms with Crippen LogP contribution in [-0.4, -0.2) is 49.1 Å². The second kappa shape index (κ2) is 4.44. The third kappa shape index (κ3) is 2.25. The molecule has 0 saturated carbocycles. The van der Waals surface area contributed by atoms with E-state index in [4.69, 9.17) is 10.2 Å². The molecule has 3 rings (SSSR count). The van der Waals surface area contributed by atoms with Gasteiger partial charge < -0.3 is 15.1 Å². The van der Waals surface area contributed by atoms with E-state index in [0.717, 1.165) is 38.5 Å². The summed E-state index contributed by atoms with van der Waals surface area (Å²) in [5.74, 6) is 2.29. The molecule has 0 amide bonds. The first kappa shape index (κ1) is 11.3. The maximum Gasteiger partial charge on any atom is 0.117 e. The molecule has 0 spiro atoms. The Bertz CT molecular complexity index is 349. The number of fused-ring (bicyclic) bond motifs is 2. The van der Waals surface area contributed by atoms with E-state index in [-0.39, 0.29) is 0 Å². The van der Waals surface area contributed by atoms with E-state index in [1.807, 2.05) is 6.07 Å². The van der Waals surface area contributed by atoms with Gasteiger partial charge in [-0.25, -0.2) is 0 Å². The van der Waals surface area contributed by atoms with Crippen LogP contribution in [0.25, 0.3) is 0 Å². The molecule has 2 fully saturated rings. The summed E-state index contributed by atoms with van der Waals surface area (Å²) in [4.78, 5) is 4.91. The van der Waals surface area contributed by atoms with Crippen molar-refractivity contribution in [3.63, 3.8) is 0 Å². The number of nitrogens with zero attached hydrogens (tertiary/aromatic N) is 2. The highest BCUT2D eigenvalue weighted by Crippen LogP contribution is 2.27. The Morgan fingerprint density at radius 1 is 1.29 bits per heavy atom. The van der Waals surface area contributed by atoms with Gasteiger partial charge in [0, 0.05) is 32.2 Å². The quantitative estimate of drug-likeness (QED) is 0.815. The van der Waals surface area contributed by atoms with E-state index in [1.54, 1.807) is 6.26 Å². The Balaban J connectivity index is 1.66. The van der Waals surface area contributed by atoms with Crippen LogP contribution in [0.1, 0.15) is 5.76 Å². The summed E-state index contributed by atoms with van der Waals surface area (Å²) in [6.07, 6.45) is 1.75. The molecule has 1 aromatic heterocycles. The molecule has 2 saturated heterocycles. The van der Waals surface area contributed by atoms with E-state index in [9.17, 15) is 0 Å². The molecule has 0 radical (unpaired) electrons. The highest BCUT2D eigenvalue weighted by atomic mass is 16.3. The van der Waals surface area contributed by atoms with Crippen molar-refractivity contribution in [1.82, 2.24) is 9.80 Å². The first-order chi connectivity index (χ1) is 8.22. The zero-order valence-corrected chi connectivity index (χ0v) is 10.4. The molecule has 4 heteroatoms. The largest absolute Gasteiger partial charge is 0.468 e. The lowest BCUT2D eigenvalue weighted by atomic mass is 9.80. The lowest BCUT2D eigenvalue weighted by Crippen LogP contribution is -2.62. The van der Waals surface area contributed by atoms with E-state index in [0.29, 0.717) is 17.9 Å². The number of furan rings is 1. The Kier molecular flexibility index (Phi) is 2.94. The Morgan fingerprint density at radius 2 is 2.00 bits per heavy atom. The lowest BCUT2D eigenvalue weighted by Gasteiger charge is -2.48. The average Bonchev–Trinajstić information content (AvgIpc) is 2.74. The fraction of sp³-hybridized carbons (Fsp3) is 0.692. The molecule has 0 aromatic carbocycles. The third-order valence-electron chi connectivity index (χ3n) is 4.13. The maximum atomic E-state index is 6.31. The molecule has 2 aliphatic rings. The van der Waals surface area contributed by atoms with Gasteiger partial charge in [0.05, 0.1) is 12.8 Å². The first-order valence-electron chi connectivity index (χ1n) is 6.41. The van der Waals surface area contributed by atoms with Gasteiger partial charge in [0.2, 0.25) is 0 Å². The minimum Gasteiger partial charge on any atom is -0.468 e. The van der Waals surface area contributed by atoms with Crippen molar-refractivity contribution in [3.05, 3.63) is 24.2 Å². The first-order valence-corrected chi connectivity index (χ1v) is 6.41. The minimum absolute atomic E-state index is 0.388. The summed E-state index contributed by atoms with van der Waals surface area (Å²) in [6, 6.07) is 4.40. The van der Waals surface area contributed by atoms with E-state index < -0.39 is 0 Å². The second-order valence-corrected chi connectivity index (χ2v) is 5.59. The molecule has 2 bridgehead atoms. The number of likely N-dealkylation sites (tertiary alicyclic amines) is 2. The molecule has 4 nitrogen and oxygen atoms in total. The molecule has 3 heterocycles. The molecule has 2 atom stereocenters. The lowest BCUT2D eigenvalue weighted by molar-refractivity contribution is 0.0175. The highest BCUT2D eigenvalue weighted by molar-refractivity contribution is 5.01. The van der Waals surface area contributed by atoms with Crippen LogP contribution in [0.2, 0.25) is 0 Å². The number of hydrogen-bond donors (Lipinski definition) is 1. The molecule has 17 heavy (non-hydrogen) atoms. The number of hydrogen-bond acceptors (Lipinski definition) is 4. The van der Waals surface area contributed by atoms with Gasteiger partial charge in [-0.05, 0) is 31.0 Å². The summed E-state index contributed by atoms with van der Waals surface area (Å²) >= 11 is 0. The van der Waals surface area contributed by atoms with Crippen LogP contribution < -0.4 is 5.73 Å². The second-order valence-electron chi connectivity index (χ2n) is 5.59. The molecule has 1 aromatic rings. The van der Waals surface area contributed by atoms with Crippen LogP contribution in [-0.2, 0) is 6.54 Å². The van der Waals surface area contributed by atoms with Gasteiger partial charge in [0.25, 0.3) is 0 Å². The minimum atomic E-state index is 0.388. The van der Waals surface area contributed by atoms with Crippen LogP contribution in [0.4, 0.5) is 0 Å². The smallest absolute Gasteiger partial charge is 0.117 e. The van der Waals surface area contributed by atoms with Crippen molar-refractivity contribution < 1.29 is 4.42 Å². The van der Waals surface area contributed by atoms with Crippen molar-refractivity contribution in [2.45, 2.75) is 12.6 Å². The SMILES string of the molecule is CN1CC2CN(Cc3ccco3)CC(C1)C2N. The zero-order valence-electron chi connectivity index (χ0n) is 10.4. The summed E-state index contributed by atoms with van der Waals surface area (Å²) in [7, 11) is 2.20. The van der Waals surface area contributed by atoms with Crippen molar-refractivity contribution in [1.29, 1.82) is 0 Å². The number of rotatable bonds is 2. The number of piperidine rings is 2. The summed E-state index contributed by atoms with van der Waals surface area (Å²) in [5.41, 5.74) is 6.31. The van der Waals surface area contributed by atoms with Crippen molar-refractivity contribution in [2.75, 3.05) is 33.2 Å². The number of nitrogens with two attached hydrogens (primary N) is 1. The molecule has 2 unspecified atom stereocenters. The monoisotopic (exact) mass is 235 g/mol. The van der Waals surface area contributed by atoms with Crippen molar-refractivity contribution in [3.8, 4) is 0 Å². The maximum absolute atomic E-state index is 6.31. The molecular formula is C13H21N3O. The normalized spacial score (nSPS) is 35.1. The molecular weight excluding hydrogens is 214 g/mol. The Labute approximate surface area is 102 Å². The van der Waals surface area contributed by atoms with Crippen molar-refractivity contribution >= 4 is 0 Å². The van der Waals surface area contributed by atoms with Gasteiger partial charge in [-0.2, -0.15) is 0 Å².